The molecule has 1 fully saturated rings. The van der Waals surface area contributed by atoms with Crippen molar-refractivity contribution >= 4 is 12.2 Å². The van der Waals surface area contributed by atoms with Crippen molar-refractivity contribution in [2.24, 2.45) is 5.73 Å². The van der Waals surface area contributed by atoms with Crippen molar-refractivity contribution in [2.45, 2.75) is 19.3 Å². The number of hydrogen-bond donors (Lipinski definition) is 1. The van der Waals surface area contributed by atoms with Gasteiger partial charge in [0.2, 0.25) is 0 Å². The molecule has 1 heterocycles. The summed E-state index contributed by atoms with van der Waals surface area (Å²) in [5, 5.41) is 3.39. The second-order valence-corrected chi connectivity index (χ2v) is 3.36. The molecule has 0 aromatic carbocycles. The highest BCUT2D eigenvalue weighted by Crippen LogP contribution is 2.11. The molecule has 1 amide bonds. The summed E-state index contributed by atoms with van der Waals surface area (Å²) < 4.78 is 0. The van der Waals surface area contributed by atoms with Crippen LogP contribution >= 0.6 is 0 Å². The summed E-state index contributed by atoms with van der Waals surface area (Å²) in [5.41, 5.74) is 5.28. The van der Waals surface area contributed by atoms with E-state index in [1.807, 2.05) is 5.01 Å². The molecule has 0 aromatic rings. The first-order valence-electron chi connectivity index (χ1n) is 4.98. The zero-order chi connectivity index (χ0) is 10.4. The molecular formula is C9H17N3O2. The molecule has 5 nitrogen and oxygen atoms in total. The lowest BCUT2D eigenvalue weighted by Crippen LogP contribution is -2.51. The largest absolute Gasteiger partial charge is 0.322 e. The minimum absolute atomic E-state index is 0.0374. The fraction of sp³-hybridized carbons (Fsp3) is 0.778. The second kappa shape index (κ2) is 5.72. The van der Waals surface area contributed by atoms with Crippen molar-refractivity contribution in [3.63, 3.8) is 0 Å². The molecule has 0 aromatic heterocycles. The average molecular weight is 199 g/mol. The molecule has 1 aliphatic heterocycles. The first-order valence-corrected chi connectivity index (χ1v) is 4.98. The van der Waals surface area contributed by atoms with E-state index in [0.717, 1.165) is 32.2 Å². The topological polar surface area (TPSA) is 66.6 Å². The number of amides is 1. The molecule has 1 saturated heterocycles. The average Bonchev–Trinajstić information content (AvgIpc) is 2.26. The van der Waals surface area contributed by atoms with Gasteiger partial charge in [-0.1, -0.05) is 6.42 Å². The van der Waals surface area contributed by atoms with Crippen LogP contribution in [0.4, 0.5) is 0 Å². The molecule has 0 bridgehead atoms. The number of carbonyl (C=O) groups excluding carboxylic acids is 2. The Kier molecular flexibility index (Phi) is 4.55. The zero-order valence-electron chi connectivity index (χ0n) is 8.32. The Morgan fingerprint density at radius 1 is 1.36 bits per heavy atom. The molecule has 2 N–H and O–H groups in total. The fourth-order valence-electron chi connectivity index (χ4n) is 1.67. The van der Waals surface area contributed by atoms with Crippen LogP contribution < -0.4 is 5.73 Å². The van der Waals surface area contributed by atoms with Crippen LogP contribution in [0.15, 0.2) is 0 Å². The lowest BCUT2D eigenvalue weighted by atomic mass is 10.2. The van der Waals surface area contributed by atoms with E-state index in [0.29, 0.717) is 0 Å². The van der Waals surface area contributed by atoms with Gasteiger partial charge in [0.25, 0.3) is 5.91 Å². The Balaban J connectivity index is 2.55. The van der Waals surface area contributed by atoms with Gasteiger partial charge in [-0.25, -0.2) is 5.01 Å². The van der Waals surface area contributed by atoms with E-state index in [9.17, 15) is 9.59 Å². The molecule has 0 atom stereocenters. The third-order valence-electron chi connectivity index (χ3n) is 2.38. The summed E-state index contributed by atoms with van der Waals surface area (Å²) in [5.74, 6) is -0.181. The van der Waals surface area contributed by atoms with Crippen LogP contribution in [0.2, 0.25) is 0 Å². The van der Waals surface area contributed by atoms with E-state index in [1.165, 1.54) is 11.4 Å². The minimum Gasteiger partial charge on any atom is -0.322 e. The van der Waals surface area contributed by atoms with Crippen LogP contribution in [-0.4, -0.2) is 48.4 Å². The van der Waals surface area contributed by atoms with Gasteiger partial charge in [0.05, 0.1) is 13.1 Å². The number of hydrogen-bond acceptors (Lipinski definition) is 4. The SMILES string of the molecule is NCC(=O)N(CC=O)N1CCCCC1. The van der Waals surface area contributed by atoms with Crippen LogP contribution in [0.1, 0.15) is 19.3 Å². The van der Waals surface area contributed by atoms with Crippen LogP contribution in [0, 0.1) is 0 Å². The fourth-order valence-corrected chi connectivity index (χ4v) is 1.67. The lowest BCUT2D eigenvalue weighted by molar-refractivity contribution is -0.151. The van der Waals surface area contributed by atoms with Crippen LogP contribution in [0.3, 0.4) is 0 Å². The Bertz CT molecular complexity index is 202. The summed E-state index contributed by atoms with van der Waals surface area (Å²) in [7, 11) is 0. The first-order chi connectivity index (χ1) is 6.79. The third-order valence-corrected chi connectivity index (χ3v) is 2.38. The van der Waals surface area contributed by atoms with Gasteiger partial charge in [-0.3, -0.25) is 9.80 Å². The number of piperidine rings is 1. The van der Waals surface area contributed by atoms with Crippen molar-refractivity contribution in [2.75, 3.05) is 26.2 Å². The molecule has 1 aliphatic rings. The van der Waals surface area contributed by atoms with Crippen molar-refractivity contribution in [1.82, 2.24) is 10.0 Å². The van der Waals surface area contributed by atoms with Gasteiger partial charge >= 0.3 is 0 Å². The predicted octanol–water partition coefficient (Wildman–Crippen LogP) is -0.627. The molecule has 0 radical (unpaired) electrons. The van der Waals surface area contributed by atoms with Crippen LogP contribution in [-0.2, 0) is 9.59 Å². The number of rotatable bonds is 4. The smallest absolute Gasteiger partial charge is 0.250 e. The first kappa shape index (κ1) is 11.1. The number of aldehydes is 1. The second-order valence-electron chi connectivity index (χ2n) is 3.36. The number of nitrogens with two attached hydrogens (primary N) is 1. The van der Waals surface area contributed by atoms with Gasteiger partial charge in [-0.05, 0) is 12.8 Å². The highest BCUT2D eigenvalue weighted by Gasteiger charge is 2.21. The number of nitrogens with zero attached hydrogens (tertiary/aromatic N) is 2. The Hall–Kier alpha value is -0.940. The quantitative estimate of drug-likeness (QED) is 0.612. The van der Waals surface area contributed by atoms with Crippen molar-refractivity contribution in [1.29, 1.82) is 0 Å². The molecule has 0 unspecified atom stereocenters. The van der Waals surface area contributed by atoms with Gasteiger partial charge in [-0.2, -0.15) is 0 Å². The van der Waals surface area contributed by atoms with Crippen LogP contribution in [0.25, 0.3) is 0 Å². The molecule has 0 saturated carbocycles. The summed E-state index contributed by atoms with van der Waals surface area (Å²) in [6.45, 7) is 1.78. The molecule has 5 heteroatoms. The van der Waals surface area contributed by atoms with Crippen molar-refractivity contribution in [3.05, 3.63) is 0 Å². The third kappa shape index (κ3) is 2.78. The van der Waals surface area contributed by atoms with E-state index in [4.69, 9.17) is 5.73 Å². The maximum Gasteiger partial charge on any atom is 0.250 e. The maximum absolute atomic E-state index is 11.4. The molecule has 14 heavy (non-hydrogen) atoms. The van der Waals surface area contributed by atoms with Gasteiger partial charge in [0, 0.05) is 13.1 Å². The van der Waals surface area contributed by atoms with E-state index >= 15 is 0 Å². The maximum atomic E-state index is 11.4. The Morgan fingerprint density at radius 2 is 2.00 bits per heavy atom. The lowest BCUT2D eigenvalue weighted by Gasteiger charge is -2.36. The van der Waals surface area contributed by atoms with Gasteiger partial charge in [0.1, 0.15) is 6.29 Å². The predicted molar refractivity (Wildman–Crippen MR) is 52.3 cm³/mol. The molecule has 1 rings (SSSR count). The summed E-state index contributed by atoms with van der Waals surface area (Å²) >= 11 is 0. The molecule has 0 aliphatic carbocycles. The van der Waals surface area contributed by atoms with E-state index in [2.05, 4.69) is 0 Å². The molecule has 0 spiro atoms. The van der Waals surface area contributed by atoms with Gasteiger partial charge in [-0.15, -0.1) is 0 Å². The monoisotopic (exact) mass is 199 g/mol. The number of hydrazine groups is 1. The summed E-state index contributed by atoms with van der Waals surface area (Å²) in [4.78, 5) is 21.8. The number of carbonyl (C=O) groups is 2. The standard InChI is InChI=1S/C9H17N3O2/c10-8-9(14)12(6-7-13)11-4-2-1-3-5-11/h7H,1-6,8,10H2. The van der Waals surface area contributed by atoms with Crippen LogP contribution in [0.5, 0.6) is 0 Å². The summed E-state index contributed by atoms with van der Waals surface area (Å²) in [6, 6.07) is 0. The highest BCUT2D eigenvalue weighted by atomic mass is 16.2. The normalized spacial score (nSPS) is 17.8. The van der Waals surface area contributed by atoms with E-state index in [-0.39, 0.29) is 19.0 Å². The van der Waals surface area contributed by atoms with Crippen molar-refractivity contribution in [3.8, 4) is 0 Å². The molecular weight excluding hydrogens is 182 g/mol. The summed E-state index contributed by atoms with van der Waals surface area (Å²) in [6.07, 6.45) is 4.09. The minimum atomic E-state index is -0.181. The van der Waals surface area contributed by atoms with Gasteiger partial charge in [0.15, 0.2) is 0 Å². The van der Waals surface area contributed by atoms with Gasteiger partial charge < -0.3 is 10.5 Å². The zero-order valence-corrected chi connectivity index (χ0v) is 8.32. The van der Waals surface area contributed by atoms with E-state index in [1.54, 1.807) is 0 Å². The Labute approximate surface area is 83.8 Å². The Morgan fingerprint density at radius 3 is 2.50 bits per heavy atom. The van der Waals surface area contributed by atoms with Crippen molar-refractivity contribution < 1.29 is 9.59 Å². The highest BCUT2D eigenvalue weighted by molar-refractivity contribution is 5.79. The van der Waals surface area contributed by atoms with E-state index < -0.39 is 0 Å². The molecule has 80 valence electrons.